The third kappa shape index (κ3) is 1.42. The molecule has 0 saturated carbocycles. The molecule has 1 N–H and O–H groups in total. The zero-order valence-electron chi connectivity index (χ0n) is 7.51. The Morgan fingerprint density at radius 3 is 2.58 bits per heavy atom. The van der Waals surface area contributed by atoms with Crippen LogP contribution in [-0.4, -0.2) is 25.0 Å². The number of carbonyl (C=O) groups excluding carboxylic acids is 2. The van der Waals surface area contributed by atoms with Crippen LogP contribution in [0.4, 0.5) is 0 Å². The lowest BCUT2D eigenvalue weighted by Crippen LogP contribution is -2.41. The Bertz CT molecular complexity index is 222. The van der Waals surface area contributed by atoms with Crippen molar-refractivity contribution in [2.45, 2.75) is 26.3 Å². The van der Waals surface area contributed by atoms with E-state index in [-0.39, 0.29) is 17.3 Å². The molecule has 1 atom stereocenters. The highest BCUT2D eigenvalue weighted by Gasteiger charge is 2.44. The molecule has 1 rings (SSSR count). The fourth-order valence-corrected chi connectivity index (χ4v) is 1.42. The number of amides is 1. The Morgan fingerprint density at radius 2 is 2.25 bits per heavy atom. The number of methoxy groups -OCH3 is 1. The van der Waals surface area contributed by atoms with Crippen molar-refractivity contribution in [2.75, 3.05) is 7.11 Å². The van der Waals surface area contributed by atoms with E-state index in [4.69, 9.17) is 0 Å². The molecule has 1 aliphatic rings. The van der Waals surface area contributed by atoms with Gasteiger partial charge in [0.25, 0.3) is 0 Å². The third-order valence-corrected chi connectivity index (χ3v) is 2.14. The summed E-state index contributed by atoms with van der Waals surface area (Å²) < 4.78 is 4.56. The van der Waals surface area contributed by atoms with Crippen LogP contribution >= 0.6 is 0 Å². The summed E-state index contributed by atoms with van der Waals surface area (Å²) in [4.78, 5) is 22.1. The maximum absolute atomic E-state index is 11.1. The highest BCUT2D eigenvalue weighted by molar-refractivity contribution is 5.89. The van der Waals surface area contributed by atoms with Crippen molar-refractivity contribution in [2.24, 2.45) is 5.41 Å². The van der Waals surface area contributed by atoms with E-state index in [9.17, 15) is 9.59 Å². The molecule has 1 fully saturated rings. The second kappa shape index (κ2) is 2.77. The lowest BCUT2D eigenvalue weighted by atomic mass is 9.85. The average Bonchev–Trinajstić information content (AvgIpc) is 2.23. The van der Waals surface area contributed by atoms with Gasteiger partial charge in [0.2, 0.25) is 5.91 Å². The molecule has 0 aromatic rings. The topological polar surface area (TPSA) is 55.4 Å². The van der Waals surface area contributed by atoms with Crippen LogP contribution in [0.3, 0.4) is 0 Å². The highest BCUT2D eigenvalue weighted by atomic mass is 16.5. The van der Waals surface area contributed by atoms with Crippen molar-refractivity contribution in [3.05, 3.63) is 0 Å². The van der Waals surface area contributed by atoms with Gasteiger partial charge in [-0.3, -0.25) is 4.79 Å². The van der Waals surface area contributed by atoms with E-state index in [0.717, 1.165) is 0 Å². The monoisotopic (exact) mass is 171 g/mol. The molecule has 0 bridgehead atoms. The number of hydrogen-bond donors (Lipinski definition) is 1. The van der Waals surface area contributed by atoms with Gasteiger partial charge in [-0.05, 0) is 0 Å². The fourth-order valence-electron chi connectivity index (χ4n) is 1.42. The van der Waals surface area contributed by atoms with Crippen LogP contribution < -0.4 is 5.32 Å². The molecule has 0 spiro atoms. The molecule has 1 saturated heterocycles. The van der Waals surface area contributed by atoms with Gasteiger partial charge in [0.05, 0.1) is 7.11 Å². The number of ether oxygens (including phenoxy) is 1. The molecule has 0 aromatic carbocycles. The first-order chi connectivity index (χ1) is 5.47. The van der Waals surface area contributed by atoms with Gasteiger partial charge >= 0.3 is 5.97 Å². The van der Waals surface area contributed by atoms with Crippen LogP contribution in [0.2, 0.25) is 0 Å². The molecule has 4 heteroatoms. The first-order valence-corrected chi connectivity index (χ1v) is 3.84. The van der Waals surface area contributed by atoms with Gasteiger partial charge in [-0.25, -0.2) is 4.79 Å². The number of nitrogens with one attached hydrogen (secondary N) is 1. The maximum atomic E-state index is 11.1. The molecular weight excluding hydrogens is 158 g/mol. The molecule has 1 heterocycles. The van der Waals surface area contributed by atoms with E-state index in [1.54, 1.807) is 0 Å². The quantitative estimate of drug-likeness (QED) is 0.568. The maximum Gasteiger partial charge on any atom is 0.328 e. The third-order valence-electron chi connectivity index (χ3n) is 2.14. The van der Waals surface area contributed by atoms with Crippen molar-refractivity contribution in [3.63, 3.8) is 0 Å². The second-order valence-corrected chi connectivity index (χ2v) is 3.69. The summed E-state index contributed by atoms with van der Waals surface area (Å²) in [6, 6.07) is -0.491. The van der Waals surface area contributed by atoms with Gasteiger partial charge < -0.3 is 10.1 Å². The Kier molecular flexibility index (Phi) is 2.08. The summed E-state index contributed by atoms with van der Waals surface area (Å²) in [6.07, 6.45) is 0.382. The molecule has 4 nitrogen and oxygen atoms in total. The number of hydrogen-bond acceptors (Lipinski definition) is 3. The Hall–Kier alpha value is -1.06. The molecule has 1 unspecified atom stereocenters. The molecule has 0 aromatic heterocycles. The van der Waals surface area contributed by atoms with E-state index in [2.05, 4.69) is 10.1 Å². The summed E-state index contributed by atoms with van der Waals surface area (Å²) >= 11 is 0. The van der Waals surface area contributed by atoms with E-state index in [0.29, 0.717) is 6.42 Å². The van der Waals surface area contributed by atoms with Crippen LogP contribution in [0.25, 0.3) is 0 Å². The van der Waals surface area contributed by atoms with Crippen LogP contribution in [0.1, 0.15) is 20.3 Å². The summed E-state index contributed by atoms with van der Waals surface area (Å²) in [6.45, 7) is 3.74. The van der Waals surface area contributed by atoms with Crippen LogP contribution in [0.15, 0.2) is 0 Å². The van der Waals surface area contributed by atoms with E-state index in [1.807, 2.05) is 13.8 Å². The van der Waals surface area contributed by atoms with Gasteiger partial charge in [-0.2, -0.15) is 0 Å². The number of carbonyl (C=O) groups is 2. The molecule has 0 aliphatic carbocycles. The molecule has 68 valence electrons. The van der Waals surface area contributed by atoms with Gasteiger partial charge in [0, 0.05) is 11.8 Å². The minimum Gasteiger partial charge on any atom is -0.467 e. The zero-order valence-corrected chi connectivity index (χ0v) is 7.51. The van der Waals surface area contributed by atoms with E-state index >= 15 is 0 Å². The lowest BCUT2D eigenvalue weighted by Gasteiger charge is -2.22. The van der Waals surface area contributed by atoms with Gasteiger partial charge in [0.1, 0.15) is 6.04 Å². The molecule has 1 amide bonds. The van der Waals surface area contributed by atoms with Crippen molar-refractivity contribution < 1.29 is 14.3 Å². The predicted octanol–water partition coefficient (Wildman–Crippen LogP) is 0.0741. The average molecular weight is 171 g/mol. The lowest BCUT2D eigenvalue weighted by molar-refractivity contribution is -0.145. The Morgan fingerprint density at radius 1 is 1.67 bits per heavy atom. The summed E-state index contributed by atoms with van der Waals surface area (Å²) in [5, 5.41) is 2.58. The largest absolute Gasteiger partial charge is 0.467 e. The van der Waals surface area contributed by atoms with Crippen LogP contribution in [0.5, 0.6) is 0 Å². The fraction of sp³-hybridized carbons (Fsp3) is 0.750. The summed E-state index contributed by atoms with van der Waals surface area (Å²) in [5.41, 5.74) is -0.329. The predicted molar refractivity (Wildman–Crippen MR) is 42.3 cm³/mol. The van der Waals surface area contributed by atoms with E-state index < -0.39 is 6.04 Å². The first-order valence-electron chi connectivity index (χ1n) is 3.84. The van der Waals surface area contributed by atoms with Gasteiger partial charge in [0.15, 0.2) is 0 Å². The zero-order chi connectivity index (χ0) is 9.35. The van der Waals surface area contributed by atoms with E-state index in [1.165, 1.54) is 7.11 Å². The van der Waals surface area contributed by atoms with Crippen molar-refractivity contribution >= 4 is 11.9 Å². The first kappa shape index (κ1) is 9.03. The van der Waals surface area contributed by atoms with Gasteiger partial charge in [-0.1, -0.05) is 13.8 Å². The standard InChI is InChI=1S/C8H13NO3/c1-8(2)4-5(10)9-6(8)7(11)12-3/h6H,4H2,1-3H3,(H,9,10). The second-order valence-electron chi connectivity index (χ2n) is 3.69. The molecular formula is C8H13NO3. The summed E-state index contributed by atoms with van der Waals surface area (Å²) in [7, 11) is 1.32. The Labute approximate surface area is 71.3 Å². The van der Waals surface area contributed by atoms with Crippen LogP contribution in [0, 0.1) is 5.41 Å². The van der Waals surface area contributed by atoms with Crippen molar-refractivity contribution in [3.8, 4) is 0 Å². The number of rotatable bonds is 1. The minimum atomic E-state index is -0.491. The Balaban J connectivity index is 2.78. The summed E-state index contributed by atoms with van der Waals surface area (Å²) in [5.74, 6) is -0.457. The van der Waals surface area contributed by atoms with Crippen molar-refractivity contribution in [1.29, 1.82) is 0 Å². The smallest absolute Gasteiger partial charge is 0.328 e. The van der Waals surface area contributed by atoms with Crippen molar-refractivity contribution in [1.82, 2.24) is 5.32 Å². The van der Waals surface area contributed by atoms with Gasteiger partial charge in [-0.15, -0.1) is 0 Å². The molecule has 0 radical (unpaired) electrons. The molecule has 1 aliphatic heterocycles. The molecule has 12 heavy (non-hydrogen) atoms. The normalized spacial score (nSPS) is 26.6. The SMILES string of the molecule is COC(=O)C1NC(=O)CC1(C)C. The highest BCUT2D eigenvalue weighted by Crippen LogP contribution is 2.30. The minimum absolute atomic E-state index is 0.0876. The number of esters is 1. The van der Waals surface area contributed by atoms with Crippen LogP contribution in [-0.2, 0) is 14.3 Å².